The molecule has 0 radical (unpaired) electrons. The van der Waals surface area contributed by atoms with Gasteiger partial charge in [0.15, 0.2) is 0 Å². The Kier molecular flexibility index (Phi) is 6.13. The second-order valence-electron chi connectivity index (χ2n) is 10.6. The van der Waals surface area contributed by atoms with Gasteiger partial charge in [0.25, 0.3) is 0 Å². The van der Waals surface area contributed by atoms with Crippen LogP contribution in [0.4, 0.5) is 0 Å². The lowest BCUT2D eigenvalue weighted by atomic mass is 9.69. The summed E-state index contributed by atoms with van der Waals surface area (Å²) in [5.74, 6) is 1.06. The molecule has 180 valence electrons. The summed E-state index contributed by atoms with van der Waals surface area (Å²) < 4.78 is 5.54. The van der Waals surface area contributed by atoms with Crippen molar-refractivity contribution in [2.45, 2.75) is 83.0 Å². The number of carbonyl (C=O) groups excluding carboxylic acids is 2. The third-order valence-electron chi connectivity index (χ3n) is 8.68. The minimum absolute atomic E-state index is 0.00249. The fourth-order valence-corrected chi connectivity index (χ4v) is 7.27. The monoisotopic (exact) mass is 460 g/mol. The number of rotatable bonds is 5. The van der Waals surface area contributed by atoms with Gasteiger partial charge in [-0.15, -0.1) is 0 Å². The average molecular weight is 461 g/mol. The van der Waals surface area contributed by atoms with Crippen LogP contribution >= 0.6 is 0 Å². The number of carbonyl (C=O) groups is 2. The fourth-order valence-electron chi connectivity index (χ4n) is 7.27. The Bertz CT molecular complexity index is 1050. The first-order chi connectivity index (χ1) is 16.4. The van der Waals surface area contributed by atoms with E-state index in [1.54, 1.807) is 14.0 Å². The molecule has 2 bridgehead atoms. The van der Waals surface area contributed by atoms with Crippen molar-refractivity contribution in [2.75, 3.05) is 7.11 Å². The molecule has 0 N–H and O–H groups in total. The van der Waals surface area contributed by atoms with E-state index in [2.05, 4.69) is 41.0 Å². The maximum Gasteiger partial charge on any atom is 0.227 e. The molecule has 34 heavy (non-hydrogen) atoms. The number of ether oxygens (including phenoxy) is 1. The zero-order valence-electron chi connectivity index (χ0n) is 20.6. The van der Waals surface area contributed by atoms with E-state index in [0.717, 1.165) is 49.8 Å². The summed E-state index contributed by atoms with van der Waals surface area (Å²) in [5.41, 5.74) is 2.09. The van der Waals surface area contributed by atoms with Crippen molar-refractivity contribution in [3.05, 3.63) is 65.7 Å². The Labute approximate surface area is 203 Å². The molecule has 5 heteroatoms. The van der Waals surface area contributed by atoms with E-state index in [0.29, 0.717) is 6.42 Å². The Morgan fingerprint density at radius 1 is 0.971 bits per heavy atom. The van der Waals surface area contributed by atoms with Gasteiger partial charge in [0, 0.05) is 30.0 Å². The fraction of sp³-hybridized carbons (Fsp3) is 0.517. The summed E-state index contributed by atoms with van der Waals surface area (Å²) in [6.07, 6.45) is 6.35. The van der Waals surface area contributed by atoms with Crippen molar-refractivity contribution >= 4 is 11.8 Å². The molecule has 1 aliphatic carbocycles. The van der Waals surface area contributed by atoms with E-state index in [-0.39, 0.29) is 41.4 Å². The molecule has 2 aromatic carbocycles. The van der Waals surface area contributed by atoms with Crippen LogP contribution in [0.5, 0.6) is 5.75 Å². The summed E-state index contributed by atoms with van der Waals surface area (Å²) in [6.45, 7) is 4.05. The Morgan fingerprint density at radius 3 is 2.29 bits per heavy atom. The molecule has 5 rings (SSSR count). The van der Waals surface area contributed by atoms with Crippen LogP contribution in [0.2, 0.25) is 0 Å². The summed E-state index contributed by atoms with van der Waals surface area (Å²) >= 11 is 0. The van der Waals surface area contributed by atoms with Crippen molar-refractivity contribution in [1.29, 1.82) is 0 Å². The van der Waals surface area contributed by atoms with Gasteiger partial charge < -0.3 is 14.5 Å². The first kappa shape index (κ1) is 22.9. The lowest BCUT2D eigenvalue weighted by molar-refractivity contribution is -0.143. The van der Waals surface area contributed by atoms with Gasteiger partial charge in [-0.05, 0) is 37.3 Å². The highest BCUT2D eigenvalue weighted by Gasteiger charge is 2.63. The standard InChI is InChI=1S/C29H36N2O3/c1-20(32)30-23(17-21-11-5-4-6-12-21)24-19-29(2)26(30)15-9-10-16-27(29)31(24)28(33)18-22-13-7-8-14-25(22)34-3/h4-8,11-14,23-24,26-27H,9-10,15-19H2,1-3H3/t23-,24-,26+,27-,29+/m0/s1. The largest absolute Gasteiger partial charge is 0.496 e. The number of hydrogen-bond acceptors (Lipinski definition) is 3. The smallest absolute Gasteiger partial charge is 0.227 e. The maximum atomic E-state index is 14.0. The van der Waals surface area contributed by atoms with E-state index < -0.39 is 0 Å². The Morgan fingerprint density at radius 2 is 1.62 bits per heavy atom. The lowest BCUT2D eigenvalue weighted by Gasteiger charge is -2.50. The van der Waals surface area contributed by atoms with Gasteiger partial charge in [0.2, 0.25) is 11.8 Å². The van der Waals surface area contributed by atoms with Crippen molar-refractivity contribution in [3.8, 4) is 5.75 Å². The molecule has 2 aromatic rings. The number of fused-ring (bicyclic) bond motifs is 1. The van der Waals surface area contributed by atoms with E-state index in [9.17, 15) is 9.59 Å². The number of nitrogens with zero attached hydrogens (tertiary/aromatic N) is 2. The van der Waals surface area contributed by atoms with Crippen LogP contribution in [0.3, 0.4) is 0 Å². The molecular formula is C29H36N2O3. The predicted molar refractivity (Wildman–Crippen MR) is 133 cm³/mol. The minimum atomic E-state index is -0.0591. The number of piperidine rings is 1. The van der Waals surface area contributed by atoms with Crippen molar-refractivity contribution in [1.82, 2.24) is 9.80 Å². The molecule has 2 aliphatic heterocycles. The van der Waals surface area contributed by atoms with Crippen LogP contribution in [-0.4, -0.2) is 52.9 Å². The number of amides is 2. The summed E-state index contributed by atoms with van der Waals surface area (Å²) in [7, 11) is 1.66. The van der Waals surface area contributed by atoms with Gasteiger partial charge in [-0.25, -0.2) is 0 Å². The zero-order valence-corrected chi connectivity index (χ0v) is 20.6. The summed E-state index contributed by atoms with van der Waals surface area (Å²) in [6, 6.07) is 18.6. The Hall–Kier alpha value is -2.82. The first-order valence-electron chi connectivity index (χ1n) is 12.7. The molecule has 5 atom stereocenters. The van der Waals surface area contributed by atoms with Crippen LogP contribution in [0, 0.1) is 5.41 Å². The number of para-hydroxylation sites is 1. The molecule has 0 aromatic heterocycles. The van der Waals surface area contributed by atoms with Gasteiger partial charge in [-0.1, -0.05) is 68.3 Å². The van der Waals surface area contributed by atoms with Gasteiger partial charge in [0.1, 0.15) is 5.75 Å². The van der Waals surface area contributed by atoms with Crippen LogP contribution in [-0.2, 0) is 22.4 Å². The summed E-state index contributed by atoms with van der Waals surface area (Å²) in [4.78, 5) is 31.5. The minimum Gasteiger partial charge on any atom is -0.496 e. The summed E-state index contributed by atoms with van der Waals surface area (Å²) in [5, 5.41) is 0. The number of hydrogen-bond donors (Lipinski definition) is 0. The van der Waals surface area contributed by atoms with E-state index in [1.807, 2.05) is 30.3 Å². The highest BCUT2D eigenvalue weighted by molar-refractivity contribution is 5.82. The third-order valence-corrected chi connectivity index (χ3v) is 8.68. The molecule has 2 heterocycles. The highest BCUT2D eigenvalue weighted by atomic mass is 16.5. The lowest BCUT2D eigenvalue weighted by Crippen LogP contribution is -2.61. The molecule has 0 spiro atoms. The van der Waals surface area contributed by atoms with Crippen LogP contribution in [0.15, 0.2) is 54.6 Å². The van der Waals surface area contributed by atoms with E-state index >= 15 is 0 Å². The molecule has 2 amide bonds. The van der Waals surface area contributed by atoms with E-state index in [1.165, 1.54) is 5.56 Å². The quantitative estimate of drug-likeness (QED) is 0.654. The number of likely N-dealkylation sites (tertiary alicyclic amines) is 2. The molecule has 0 unspecified atom stereocenters. The third kappa shape index (κ3) is 3.79. The molecular weight excluding hydrogens is 424 g/mol. The van der Waals surface area contributed by atoms with Crippen molar-refractivity contribution in [2.24, 2.45) is 5.41 Å². The molecule has 2 saturated heterocycles. The topological polar surface area (TPSA) is 49.9 Å². The van der Waals surface area contributed by atoms with Crippen LogP contribution in [0.1, 0.15) is 57.1 Å². The van der Waals surface area contributed by atoms with Crippen molar-refractivity contribution < 1.29 is 14.3 Å². The van der Waals surface area contributed by atoms with E-state index in [4.69, 9.17) is 4.74 Å². The molecule has 3 aliphatic rings. The number of methoxy groups -OCH3 is 1. The SMILES string of the molecule is COc1ccccc1CC(=O)N1[C@H]2CCCC[C@H]3N(C(C)=O)[C@@H](Cc4ccccc4)[C@@H]1C[C@@]23C. The van der Waals surface area contributed by atoms with Crippen molar-refractivity contribution in [3.63, 3.8) is 0 Å². The average Bonchev–Trinajstić information content (AvgIpc) is 2.98. The second kappa shape index (κ2) is 9.09. The maximum absolute atomic E-state index is 14.0. The highest BCUT2D eigenvalue weighted by Crippen LogP contribution is 2.55. The normalized spacial score (nSPS) is 30.1. The van der Waals surface area contributed by atoms with Gasteiger partial charge in [-0.2, -0.15) is 0 Å². The molecule has 3 fully saturated rings. The van der Waals surface area contributed by atoms with Crippen LogP contribution in [0.25, 0.3) is 0 Å². The number of benzene rings is 2. The predicted octanol–water partition coefficient (Wildman–Crippen LogP) is 4.63. The van der Waals surface area contributed by atoms with Gasteiger partial charge >= 0.3 is 0 Å². The molecule has 5 nitrogen and oxygen atoms in total. The van der Waals surface area contributed by atoms with Gasteiger partial charge in [0.05, 0.1) is 25.6 Å². The van der Waals surface area contributed by atoms with Crippen LogP contribution < -0.4 is 4.74 Å². The first-order valence-corrected chi connectivity index (χ1v) is 12.7. The van der Waals surface area contributed by atoms with Gasteiger partial charge in [-0.3, -0.25) is 9.59 Å². The Balaban J connectivity index is 1.55. The second-order valence-corrected chi connectivity index (χ2v) is 10.6. The molecule has 1 saturated carbocycles. The zero-order chi connectivity index (χ0) is 23.9.